The summed E-state index contributed by atoms with van der Waals surface area (Å²) in [6.07, 6.45) is 4.23. The number of nitrogens with zero attached hydrogens (tertiary/aromatic N) is 3. The first-order valence-electron chi connectivity index (χ1n) is 11.0. The summed E-state index contributed by atoms with van der Waals surface area (Å²) in [5, 5.41) is 0. The van der Waals surface area contributed by atoms with E-state index in [0.717, 1.165) is 63.6 Å². The van der Waals surface area contributed by atoms with Gasteiger partial charge in [-0.15, -0.1) is 0 Å². The van der Waals surface area contributed by atoms with E-state index in [1.54, 1.807) is 13.2 Å². The van der Waals surface area contributed by atoms with Crippen LogP contribution in [0.15, 0.2) is 47.5 Å². The van der Waals surface area contributed by atoms with Crippen LogP contribution in [0.3, 0.4) is 0 Å². The second-order valence-electron chi connectivity index (χ2n) is 8.09. The van der Waals surface area contributed by atoms with Crippen LogP contribution in [-0.4, -0.2) is 64.2 Å². The summed E-state index contributed by atoms with van der Waals surface area (Å²) in [7, 11) is -1.84. The monoisotopic (exact) mass is 446 g/mol. The fourth-order valence-corrected chi connectivity index (χ4v) is 5.05. The molecule has 1 aromatic heterocycles. The van der Waals surface area contributed by atoms with Crippen LogP contribution in [-0.2, 0) is 16.4 Å². The Bertz CT molecular complexity index is 909. The van der Waals surface area contributed by atoms with Gasteiger partial charge in [-0.1, -0.05) is 25.5 Å². The second kappa shape index (κ2) is 10.9. The highest BCUT2D eigenvalue weighted by atomic mass is 32.2. The number of hydrogen-bond donors (Lipinski definition) is 1. The Morgan fingerprint density at radius 1 is 1.10 bits per heavy atom. The van der Waals surface area contributed by atoms with Crippen molar-refractivity contribution >= 4 is 15.8 Å². The standard InChI is InChI=1S/C23H34N4O3S/c1-4-5-19(2)25-31(28,29)22-10-11-23(24-18-22)27-16-14-26(15-17-27)13-12-20-6-8-21(30-3)9-7-20/h6-11,18-19,25H,4-5,12-17H2,1-3H3. The van der Waals surface area contributed by atoms with Crippen LogP contribution in [0.5, 0.6) is 5.75 Å². The lowest BCUT2D eigenvalue weighted by Crippen LogP contribution is -2.47. The Kier molecular flexibility index (Phi) is 8.28. The van der Waals surface area contributed by atoms with E-state index in [4.69, 9.17) is 4.74 Å². The third-order valence-corrected chi connectivity index (χ3v) is 7.26. The topological polar surface area (TPSA) is 74.8 Å². The average Bonchev–Trinajstić information content (AvgIpc) is 2.78. The molecule has 0 aliphatic carbocycles. The second-order valence-corrected chi connectivity index (χ2v) is 9.80. The van der Waals surface area contributed by atoms with Crippen molar-refractivity contribution in [3.05, 3.63) is 48.2 Å². The van der Waals surface area contributed by atoms with Crippen LogP contribution in [0.1, 0.15) is 32.3 Å². The van der Waals surface area contributed by atoms with Gasteiger partial charge in [0.2, 0.25) is 10.0 Å². The van der Waals surface area contributed by atoms with Gasteiger partial charge in [-0.05, 0) is 49.6 Å². The molecule has 1 aliphatic rings. The molecule has 170 valence electrons. The van der Waals surface area contributed by atoms with Crippen LogP contribution in [0, 0.1) is 0 Å². The average molecular weight is 447 g/mol. The van der Waals surface area contributed by atoms with E-state index < -0.39 is 10.0 Å². The molecule has 0 spiro atoms. The number of methoxy groups -OCH3 is 1. The number of nitrogens with one attached hydrogen (secondary N) is 1. The van der Waals surface area contributed by atoms with Crippen molar-refractivity contribution < 1.29 is 13.2 Å². The quantitative estimate of drug-likeness (QED) is 0.605. The fourth-order valence-electron chi connectivity index (χ4n) is 3.82. The lowest BCUT2D eigenvalue weighted by atomic mass is 10.1. The molecule has 1 unspecified atom stereocenters. The number of pyridine rings is 1. The minimum Gasteiger partial charge on any atom is -0.497 e. The van der Waals surface area contributed by atoms with Gasteiger partial charge >= 0.3 is 0 Å². The van der Waals surface area contributed by atoms with E-state index in [9.17, 15) is 8.42 Å². The minimum atomic E-state index is -3.52. The maximum absolute atomic E-state index is 12.5. The number of ether oxygens (including phenoxy) is 1. The van der Waals surface area contributed by atoms with Gasteiger partial charge in [-0.2, -0.15) is 0 Å². The number of rotatable bonds is 10. The first kappa shape index (κ1) is 23.5. The molecule has 8 heteroatoms. The summed E-state index contributed by atoms with van der Waals surface area (Å²) >= 11 is 0. The van der Waals surface area contributed by atoms with Gasteiger partial charge < -0.3 is 9.64 Å². The lowest BCUT2D eigenvalue weighted by molar-refractivity contribution is 0.260. The largest absolute Gasteiger partial charge is 0.497 e. The van der Waals surface area contributed by atoms with E-state index in [2.05, 4.69) is 31.6 Å². The van der Waals surface area contributed by atoms with Crippen molar-refractivity contribution in [2.75, 3.05) is 44.7 Å². The van der Waals surface area contributed by atoms with Crippen molar-refractivity contribution in [3.63, 3.8) is 0 Å². The number of hydrogen-bond acceptors (Lipinski definition) is 6. The zero-order valence-corrected chi connectivity index (χ0v) is 19.6. The SMILES string of the molecule is CCCC(C)NS(=O)(=O)c1ccc(N2CCN(CCc3ccc(OC)cc3)CC2)nc1. The van der Waals surface area contributed by atoms with Crippen molar-refractivity contribution in [2.45, 2.75) is 44.0 Å². The Labute approximate surface area is 186 Å². The van der Waals surface area contributed by atoms with E-state index in [-0.39, 0.29) is 10.9 Å². The van der Waals surface area contributed by atoms with Gasteiger partial charge in [-0.3, -0.25) is 4.90 Å². The molecule has 1 saturated heterocycles. The molecule has 2 heterocycles. The van der Waals surface area contributed by atoms with Crippen molar-refractivity contribution in [1.29, 1.82) is 0 Å². The van der Waals surface area contributed by atoms with Gasteiger partial charge in [0, 0.05) is 45.0 Å². The van der Waals surface area contributed by atoms with E-state index in [0.29, 0.717) is 0 Å². The summed E-state index contributed by atoms with van der Waals surface area (Å²) in [4.78, 5) is 9.33. The third kappa shape index (κ3) is 6.66. The minimum absolute atomic E-state index is 0.0827. The van der Waals surface area contributed by atoms with Crippen molar-refractivity contribution in [2.24, 2.45) is 0 Å². The smallest absolute Gasteiger partial charge is 0.242 e. The number of aromatic nitrogens is 1. The Balaban J connectivity index is 1.49. The van der Waals surface area contributed by atoms with Crippen molar-refractivity contribution in [1.82, 2.24) is 14.6 Å². The maximum Gasteiger partial charge on any atom is 0.242 e. The van der Waals surface area contributed by atoms with Gasteiger partial charge in [0.15, 0.2) is 0 Å². The Hall–Kier alpha value is -2.16. The first-order valence-corrected chi connectivity index (χ1v) is 12.5. The Morgan fingerprint density at radius 2 is 1.81 bits per heavy atom. The third-order valence-electron chi connectivity index (χ3n) is 5.68. The Morgan fingerprint density at radius 3 is 2.39 bits per heavy atom. The molecule has 0 radical (unpaired) electrons. The maximum atomic E-state index is 12.5. The fraction of sp³-hybridized carbons (Fsp3) is 0.522. The number of anilines is 1. The molecular weight excluding hydrogens is 412 g/mol. The van der Waals surface area contributed by atoms with E-state index in [1.165, 1.54) is 11.8 Å². The van der Waals surface area contributed by atoms with Gasteiger partial charge in [0.1, 0.15) is 16.5 Å². The summed E-state index contributed by atoms with van der Waals surface area (Å²) in [6, 6.07) is 11.6. The zero-order chi connectivity index (χ0) is 22.3. The molecule has 1 fully saturated rings. The molecule has 1 N–H and O–H groups in total. The molecule has 31 heavy (non-hydrogen) atoms. The van der Waals surface area contributed by atoms with Crippen LogP contribution in [0.25, 0.3) is 0 Å². The number of sulfonamides is 1. The van der Waals surface area contributed by atoms with E-state index in [1.807, 2.05) is 32.0 Å². The predicted octanol–water partition coefficient (Wildman–Crippen LogP) is 2.92. The predicted molar refractivity (Wildman–Crippen MR) is 124 cm³/mol. The molecule has 1 aliphatic heterocycles. The molecule has 2 aromatic rings. The first-order chi connectivity index (χ1) is 14.9. The lowest BCUT2D eigenvalue weighted by Gasteiger charge is -2.35. The van der Waals surface area contributed by atoms with Gasteiger partial charge in [0.25, 0.3) is 0 Å². The number of piperazine rings is 1. The molecule has 0 amide bonds. The van der Waals surface area contributed by atoms with Crippen LogP contribution in [0.2, 0.25) is 0 Å². The molecule has 7 nitrogen and oxygen atoms in total. The summed E-state index contributed by atoms with van der Waals surface area (Å²) < 4.78 is 32.9. The molecular formula is C23H34N4O3S. The molecule has 1 atom stereocenters. The highest BCUT2D eigenvalue weighted by Crippen LogP contribution is 2.18. The molecule has 0 bridgehead atoms. The number of benzene rings is 1. The van der Waals surface area contributed by atoms with E-state index >= 15 is 0 Å². The summed E-state index contributed by atoms with van der Waals surface area (Å²) in [5.41, 5.74) is 1.31. The molecule has 3 rings (SSSR count). The summed E-state index contributed by atoms with van der Waals surface area (Å²) in [6.45, 7) is 8.65. The van der Waals surface area contributed by atoms with Gasteiger partial charge in [-0.25, -0.2) is 18.1 Å². The normalized spacial score (nSPS) is 16.3. The van der Waals surface area contributed by atoms with Crippen molar-refractivity contribution in [3.8, 4) is 5.75 Å². The van der Waals surface area contributed by atoms with Crippen LogP contribution >= 0.6 is 0 Å². The van der Waals surface area contributed by atoms with Gasteiger partial charge in [0.05, 0.1) is 7.11 Å². The zero-order valence-electron chi connectivity index (χ0n) is 18.8. The van der Waals surface area contributed by atoms with Crippen LogP contribution < -0.4 is 14.4 Å². The highest BCUT2D eigenvalue weighted by Gasteiger charge is 2.20. The molecule has 0 saturated carbocycles. The van der Waals surface area contributed by atoms with Crippen LogP contribution in [0.4, 0.5) is 5.82 Å². The summed E-state index contributed by atoms with van der Waals surface area (Å²) in [5.74, 6) is 1.71. The highest BCUT2D eigenvalue weighted by molar-refractivity contribution is 7.89. The molecule has 1 aromatic carbocycles.